The third-order valence-electron chi connectivity index (χ3n) is 3.22. The van der Waals surface area contributed by atoms with E-state index in [0.717, 1.165) is 11.6 Å². The first-order valence-corrected chi connectivity index (χ1v) is 6.72. The minimum Gasteiger partial charge on any atom is -0.504 e. The molecule has 8 heteroatoms. The number of aliphatic hydroxyl groups is 1. The van der Waals surface area contributed by atoms with Crippen LogP contribution < -0.4 is 5.73 Å². The number of carbonyl (C=O) groups excluding carboxylic acids is 1. The molecule has 0 atom stereocenters. The molecule has 116 valence electrons. The number of anilines is 1. The predicted octanol–water partition coefficient (Wildman–Crippen LogP) is 1.75. The van der Waals surface area contributed by atoms with Crippen LogP contribution >= 0.6 is 0 Å². The number of hydrogen-bond acceptors (Lipinski definition) is 7. The molecule has 2 aromatic heterocycles. The molecule has 0 spiro atoms. The number of nitrogens with two attached hydrogens (primary N) is 1. The SMILES string of the molecule is Nc1ccc(Cc2cocc2C(=O)C=C(O)c2nn[nH]n2)cc1. The van der Waals surface area contributed by atoms with Crippen LogP contribution in [0.1, 0.15) is 27.3 Å². The number of rotatable bonds is 5. The van der Waals surface area contributed by atoms with Crippen molar-refractivity contribution in [3.05, 3.63) is 65.4 Å². The van der Waals surface area contributed by atoms with Crippen molar-refractivity contribution in [3.63, 3.8) is 0 Å². The first kappa shape index (κ1) is 14.5. The average molecular weight is 311 g/mol. The summed E-state index contributed by atoms with van der Waals surface area (Å²) in [6.45, 7) is 0. The average Bonchev–Trinajstić information content (AvgIpc) is 3.20. The topological polar surface area (TPSA) is 131 Å². The van der Waals surface area contributed by atoms with Crippen molar-refractivity contribution in [2.24, 2.45) is 0 Å². The summed E-state index contributed by atoms with van der Waals surface area (Å²) >= 11 is 0. The van der Waals surface area contributed by atoms with Crippen molar-refractivity contribution in [2.75, 3.05) is 5.73 Å². The number of H-pyrrole nitrogens is 1. The monoisotopic (exact) mass is 311 g/mol. The van der Waals surface area contributed by atoms with Gasteiger partial charge >= 0.3 is 0 Å². The van der Waals surface area contributed by atoms with Crippen molar-refractivity contribution >= 4 is 17.2 Å². The van der Waals surface area contributed by atoms with E-state index in [9.17, 15) is 9.90 Å². The summed E-state index contributed by atoms with van der Waals surface area (Å²) in [6.07, 6.45) is 4.38. The maximum absolute atomic E-state index is 12.3. The number of aromatic nitrogens is 4. The van der Waals surface area contributed by atoms with Gasteiger partial charge in [0, 0.05) is 23.7 Å². The van der Waals surface area contributed by atoms with E-state index in [-0.39, 0.29) is 11.6 Å². The summed E-state index contributed by atoms with van der Waals surface area (Å²) in [5.41, 5.74) is 8.37. The molecule has 0 saturated carbocycles. The van der Waals surface area contributed by atoms with Gasteiger partial charge in [0.1, 0.15) is 6.26 Å². The van der Waals surface area contributed by atoms with Crippen LogP contribution in [0.15, 0.2) is 47.3 Å². The number of furan rings is 1. The Hall–Kier alpha value is -3.42. The smallest absolute Gasteiger partial charge is 0.239 e. The first-order chi connectivity index (χ1) is 11.1. The molecule has 23 heavy (non-hydrogen) atoms. The van der Waals surface area contributed by atoms with Crippen LogP contribution in [-0.2, 0) is 6.42 Å². The lowest BCUT2D eigenvalue weighted by atomic mass is 10.0. The van der Waals surface area contributed by atoms with Crippen LogP contribution in [0.5, 0.6) is 0 Å². The number of aliphatic hydroxyl groups excluding tert-OH is 1. The van der Waals surface area contributed by atoms with Gasteiger partial charge in [-0.3, -0.25) is 4.79 Å². The Morgan fingerprint density at radius 3 is 2.78 bits per heavy atom. The molecule has 4 N–H and O–H groups in total. The number of nitrogens with one attached hydrogen (secondary N) is 1. The van der Waals surface area contributed by atoms with E-state index in [2.05, 4.69) is 20.6 Å². The number of nitrogen functional groups attached to an aromatic ring is 1. The van der Waals surface area contributed by atoms with Gasteiger partial charge in [-0.05, 0) is 22.9 Å². The Morgan fingerprint density at radius 2 is 2.09 bits per heavy atom. The van der Waals surface area contributed by atoms with E-state index in [4.69, 9.17) is 10.2 Å². The van der Waals surface area contributed by atoms with Gasteiger partial charge in [0.2, 0.25) is 5.82 Å². The lowest BCUT2D eigenvalue weighted by Gasteiger charge is -2.02. The minimum atomic E-state index is -0.411. The van der Waals surface area contributed by atoms with Crippen molar-refractivity contribution in [1.82, 2.24) is 20.6 Å². The van der Waals surface area contributed by atoms with Crippen LogP contribution in [0.3, 0.4) is 0 Å². The van der Waals surface area contributed by atoms with Crippen LogP contribution in [0.25, 0.3) is 5.76 Å². The molecular weight excluding hydrogens is 298 g/mol. The van der Waals surface area contributed by atoms with Gasteiger partial charge in [-0.15, -0.1) is 10.2 Å². The van der Waals surface area contributed by atoms with Crippen molar-refractivity contribution in [2.45, 2.75) is 6.42 Å². The zero-order chi connectivity index (χ0) is 16.2. The molecule has 0 aliphatic heterocycles. The largest absolute Gasteiger partial charge is 0.504 e. The summed E-state index contributed by atoms with van der Waals surface area (Å²) < 4.78 is 5.13. The molecule has 0 aliphatic carbocycles. The van der Waals surface area contributed by atoms with Gasteiger partial charge in [0.25, 0.3) is 0 Å². The first-order valence-electron chi connectivity index (χ1n) is 6.72. The molecule has 0 radical (unpaired) electrons. The zero-order valence-electron chi connectivity index (χ0n) is 11.9. The minimum absolute atomic E-state index is 0.0538. The van der Waals surface area contributed by atoms with Crippen LogP contribution in [0.2, 0.25) is 0 Å². The van der Waals surface area contributed by atoms with Gasteiger partial charge in [-0.2, -0.15) is 5.21 Å². The van der Waals surface area contributed by atoms with Gasteiger partial charge < -0.3 is 15.3 Å². The van der Waals surface area contributed by atoms with E-state index >= 15 is 0 Å². The molecule has 3 rings (SSSR count). The third kappa shape index (κ3) is 3.26. The second-order valence-corrected chi connectivity index (χ2v) is 4.86. The maximum Gasteiger partial charge on any atom is 0.239 e. The Labute approximate surface area is 130 Å². The fraction of sp³-hybridized carbons (Fsp3) is 0.0667. The molecule has 0 unspecified atom stereocenters. The summed E-state index contributed by atoms with van der Waals surface area (Å²) in [5.74, 6) is -0.836. The molecule has 3 aromatic rings. The van der Waals surface area contributed by atoms with Crippen LogP contribution in [0.4, 0.5) is 5.69 Å². The van der Waals surface area contributed by atoms with Crippen molar-refractivity contribution < 1.29 is 14.3 Å². The number of hydrogen-bond donors (Lipinski definition) is 3. The lowest BCUT2D eigenvalue weighted by molar-refractivity contribution is 0.104. The fourth-order valence-corrected chi connectivity index (χ4v) is 2.07. The summed E-state index contributed by atoms with van der Waals surface area (Å²) in [4.78, 5) is 12.3. The molecule has 0 aliphatic rings. The highest BCUT2D eigenvalue weighted by molar-refractivity contribution is 6.08. The quantitative estimate of drug-likeness (QED) is 0.283. The van der Waals surface area contributed by atoms with Gasteiger partial charge in [0.15, 0.2) is 11.5 Å². The van der Waals surface area contributed by atoms with Crippen LogP contribution in [0, 0.1) is 0 Å². The fourth-order valence-electron chi connectivity index (χ4n) is 2.07. The third-order valence-corrected chi connectivity index (χ3v) is 3.22. The van der Waals surface area contributed by atoms with E-state index < -0.39 is 5.78 Å². The van der Waals surface area contributed by atoms with Crippen molar-refractivity contribution in [1.29, 1.82) is 0 Å². The highest BCUT2D eigenvalue weighted by Crippen LogP contribution is 2.18. The number of allylic oxidation sites excluding steroid dienone is 1. The molecule has 8 nitrogen and oxygen atoms in total. The standard InChI is InChI=1S/C15H13N5O3/c16-11-3-1-9(2-4-11)5-10-7-23-8-12(10)13(21)6-14(22)15-17-19-20-18-15/h1-4,6-8,22H,5,16H2,(H,17,18,19,20). The second-order valence-electron chi connectivity index (χ2n) is 4.86. The Morgan fingerprint density at radius 1 is 1.30 bits per heavy atom. The molecule has 0 bridgehead atoms. The molecule has 1 aromatic carbocycles. The predicted molar refractivity (Wildman–Crippen MR) is 81.5 cm³/mol. The summed E-state index contributed by atoms with van der Waals surface area (Å²) in [5, 5.41) is 22.5. The summed E-state index contributed by atoms with van der Waals surface area (Å²) in [6, 6.07) is 7.34. The van der Waals surface area contributed by atoms with E-state index in [1.54, 1.807) is 12.1 Å². The number of nitrogens with zero attached hydrogens (tertiary/aromatic N) is 3. The number of aromatic amines is 1. The van der Waals surface area contributed by atoms with Gasteiger partial charge in [0.05, 0.1) is 11.8 Å². The van der Waals surface area contributed by atoms with Crippen molar-refractivity contribution in [3.8, 4) is 0 Å². The highest BCUT2D eigenvalue weighted by atomic mass is 16.3. The molecule has 0 fully saturated rings. The molecule has 0 saturated heterocycles. The van der Waals surface area contributed by atoms with E-state index in [1.807, 2.05) is 12.1 Å². The second kappa shape index (κ2) is 6.14. The Bertz CT molecular complexity index is 834. The Balaban J connectivity index is 1.81. The molecule has 0 amide bonds. The number of tetrazole rings is 1. The van der Waals surface area contributed by atoms with Crippen LogP contribution in [-0.4, -0.2) is 31.5 Å². The number of ketones is 1. The maximum atomic E-state index is 12.3. The molecule has 2 heterocycles. The van der Waals surface area contributed by atoms with Gasteiger partial charge in [-0.25, -0.2) is 0 Å². The zero-order valence-corrected chi connectivity index (χ0v) is 11.9. The lowest BCUT2D eigenvalue weighted by Crippen LogP contribution is -2.01. The van der Waals surface area contributed by atoms with E-state index in [0.29, 0.717) is 23.2 Å². The molecular formula is C15H13N5O3. The van der Waals surface area contributed by atoms with E-state index in [1.165, 1.54) is 12.5 Å². The highest BCUT2D eigenvalue weighted by Gasteiger charge is 2.15. The summed E-state index contributed by atoms with van der Waals surface area (Å²) in [7, 11) is 0. The number of benzene rings is 1. The number of carbonyl (C=O) groups is 1. The van der Waals surface area contributed by atoms with Gasteiger partial charge in [-0.1, -0.05) is 12.1 Å². The Kier molecular flexibility index (Phi) is 3.88. The normalized spacial score (nSPS) is 11.6.